The molecule has 0 saturated heterocycles. The summed E-state index contributed by atoms with van der Waals surface area (Å²) in [6.45, 7) is 3.61. The third-order valence-corrected chi connectivity index (χ3v) is 4.36. The topological polar surface area (TPSA) is 60.4 Å². The van der Waals surface area contributed by atoms with Crippen molar-refractivity contribution in [3.63, 3.8) is 0 Å². The average Bonchev–Trinajstić information content (AvgIpc) is 2.25. The average molecular weight is 288 g/mol. The molecule has 0 N–H and O–H groups in total. The second-order valence-corrected chi connectivity index (χ2v) is 6.86. The Hall–Kier alpha value is -1.43. The van der Waals surface area contributed by atoms with Crippen molar-refractivity contribution in [3.8, 4) is 0 Å². The molecule has 1 aromatic rings. The van der Waals surface area contributed by atoms with Crippen LogP contribution in [-0.2, 0) is 20.3 Å². The quantitative estimate of drug-likeness (QED) is 0.779. The van der Waals surface area contributed by atoms with Crippen molar-refractivity contribution >= 4 is 15.8 Å². The summed E-state index contributed by atoms with van der Waals surface area (Å²) in [6.07, 6.45) is 0. The van der Waals surface area contributed by atoms with E-state index in [1.54, 1.807) is 13.8 Å². The van der Waals surface area contributed by atoms with Crippen LogP contribution in [0.15, 0.2) is 18.2 Å². The predicted octanol–water partition coefficient (Wildman–Crippen LogP) is 2.18. The number of hydrogen-bond acceptors (Lipinski definition) is 4. The van der Waals surface area contributed by atoms with Crippen LogP contribution in [0.2, 0.25) is 0 Å². The molecule has 0 bridgehead atoms. The van der Waals surface area contributed by atoms with Gasteiger partial charge in [-0.2, -0.15) is 0 Å². The largest absolute Gasteiger partial charge is 0.465 e. The zero-order valence-electron chi connectivity index (χ0n) is 11.1. The fraction of sp³-hybridized carbons (Fsp3) is 0.462. The van der Waals surface area contributed by atoms with E-state index in [0.29, 0.717) is 5.56 Å². The minimum Gasteiger partial charge on any atom is -0.465 e. The molecule has 0 radical (unpaired) electrons. The molecule has 0 aliphatic carbocycles. The van der Waals surface area contributed by atoms with Gasteiger partial charge in [0.05, 0.1) is 24.2 Å². The van der Waals surface area contributed by atoms with Crippen molar-refractivity contribution in [2.24, 2.45) is 5.92 Å². The Labute approximate surface area is 112 Å². The molecule has 4 nitrogen and oxygen atoms in total. The third kappa shape index (κ3) is 4.63. The molecule has 0 amide bonds. The highest BCUT2D eigenvalue weighted by molar-refractivity contribution is 7.90. The number of rotatable bonds is 5. The van der Waals surface area contributed by atoms with Gasteiger partial charge in [0.25, 0.3) is 0 Å². The van der Waals surface area contributed by atoms with Crippen LogP contribution in [0.25, 0.3) is 0 Å². The highest BCUT2D eigenvalue weighted by Crippen LogP contribution is 2.15. The van der Waals surface area contributed by atoms with Crippen LogP contribution < -0.4 is 0 Å². The molecular weight excluding hydrogens is 271 g/mol. The first-order valence-corrected chi connectivity index (χ1v) is 7.64. The second-order valence-electron chi connectivity index (χ2n) is 4.75. The Kier molecular flexibility index (Phi) is 5.05. The number of carbonyl (C=O) groups is 1. The molecule has 0 fully saturated rings. The van der Waals surface area contributed by atoms with Gasteiger partial charge in [-0.3, -0.25) is 0 Å². The lowest BCUT2D eigenvalue weighted by Gasteiger charge is -2.08. The van der Waals surface area contributed by atoms with Crippen LogP contribution >= 0.6 is 0 Å². The Morgan fingerprint density at radius 2 is 2.00 bits per heavy atom. The van der Waals surface area contributed by atoms with E-state index < -0.39 is 21.6 Å². The Bertz CT molecular complexity index is 564. The molecular formula is C13H17FO4S. The molecule has 6 heteroatoms. The maximum atomic E-state index is 13.6. The lowest BCUT2D eigenvalue weighted by atomic mass is 10.1. The number of halogens is 1. The van der Waals surface area contributed by atoms with Crippen molar-refractivity contribution in [1.29, 1.82) is 0 Å². The second kappa shape index (κ2) is 6.14. The number of carbonyl (C=O) groups excluding carboxylic acids is 1. The molecule has 0 spiro atoms. The zero-order valence-corrected chi connectivity index (χ0v) is 12.0. The van der Waals surface area contributed by atoms with Crippen LogP contribution in [0.3, 0.4) is 0 Å². The molecule has 106 valence electrons. The van der Waals surface area contributed by atoms with Gasteiger partial charge in [-0.05, 0) is 23.6 Å². The van der Waals surface area contributed by atoms with E-state index in [9.17, 15) is 17.6 Å². The van der Waals surface area contributed by atoms with E-state index in [4.69, 9.17) is 0 Å². The van der Waals surface area contributed by atoms with Crippen molar-refractivity contribution in [2.75, 3.05) is 12.9 Å². The minimum absolute atomic E-state index is 0.0178. The van der Waals surface area contributed by atoms with E-state index in [1.165, 1.54) is 12.1 Å². The SMILES string of the molecule is COC(=O)c1ccc(CS(=O)(=O)CC(C)C)cc1F. The number of ether oxygens (including phenoxy) is 1. The normalized spacial score (nSPS) is 11.6. The summed E-state index contributed by atoms with van der Waals surface area (Å²) in [4.78, 5) is 11.2. The lowest BCUT2D eigenvalue weighted by Crippen LogP contribution is -2.14. The highest BCUT2D eigenvalue weighted by Gasteiger charge is 2.17. The van der Waals surface area contributed by atoms with Crippen molar-refractivity contribution in [3.05, 3.63) is 35.1 Å². The molecule has 0 atom stereocenters. The molecule has 19 heavy (non-hydrogen) atoms. The molecule has 0 heterocycles. The Balaban J connectivity index is 2.94. The highest BCUT2D eigenvalue weighted by atomic mass is 32.2. The van der Waals surface area contributed by atoms with Gasteiger partial charge < -0.3 is 4.74 Å². The molecule has 0 unspecified atom stereocenters. The van der Waals surface area contributed by atoms with Gasteiger partial charge in [-0.1, -0.05) is 19.9 Å². The van der Waals surface area contributed by atoms with Gasteiger partial charge in [-0.25, -0.2) is 17.6 Å². The number of benzene rings is 1. The summed E-state index contributed by atoms with van der Waals surface area (Å²) in [5.41, 5.74) is 0.123. The van der Waals surface area contributed by atoms with Crippen LogP contribution in [0, 0.1) is 11.7 Å². The van der Waals surface area contributed by atoms with E-state index in [1.807, 2.05) is 0 Å². The summed E-state index contributed by atoms with van der Waals surface area (Å²) in [6, 6.07) is 3.72. The third-order valence-electron chi connectivity index (χ3n) is 2.41. The Morgan fingerprint density at radius 3 is 2.47 bits per heavy atom. The van der Waals surface area contributed by atoms with Crippen molar-refractivity contribution in [1.82, 2.24) is 0 Å². The monoisotopic (exact) mass is 288 g/mol. The molecule has 1 rings (SSSR count). The molecule has 0 aliphatic rings. The zero-order chi connectivity index (χ0) is 14.6. The molecule has 0 saturated carbocycles. The first-order valence-electron chi connectivity index (χ1n) is 5.82. The maximum Gasteiger partial charge on any atom is 0.340 e. The van der Waals surface area contributed by atoms with E-state index in [2.05, 4.69) is 4.74 Å². The van der Waals surface area contributed by atoms with E-state index in [-0.39, 0.29) is 23.0 Å². The summed E-state index contributed by atoms with van der Waals surface area (Å²) in [5, 5.41) is 0. The fourth-order valence-corrected chi connectivity index (χ4v) is 3.57. The van der Waals surface area contributed by atoms with Crippen LogP contribution in [0.5, 0.6) is 0 Å². The predicted molar refractivity (Wildman–Crippen MR) is 70.1 cm³/mol. The fourth-order valence-electron chi connectivity index (χ4n) is 1.74. The smallest absolute Gasteiger partial charge is 0.340 e. The standard InChI is InChI=1S/C13H17FO4S/c1-9(2)7-19(16,17)8-10-4-5-11(12(14)6-10)13(15)18-3/h4-6,9H,7-8H2,1-3H3. The number of hydrogen-bond donors (Lipinski definition) is 0. The number of sulfone groups is 1. The molecule has 0 aromatic heterocycles. The van der Waals surface area contributed by atoms with Crippen molar-refractivity contribution in [2.45, 2.75) is 19.6 Å². The molecule has 1 aromatic carbocycles. The van der Waals surface area contributed by atoms with E-state index >= 15 is 0 Å². The van der Waals surface area contributed by atoms with Crippen LogP contribution in [-0.4, -0.2) is 27.2 Å². The first kappa shape index (κ1) is 15.6. The van der Waals surface area contributed by atoms with Crippen LogP contribution in [0.1, 0.15) is 29.8 Å². The summed E-state index contributed by atoms with van der Waals surface area (Å²) < 4.78 is 41.6. The lowest BCUT2D eigenvalue weighted by molar-refractivity contribution is 0.0595. The van der Waals surface area contributed by atoms with Gasteiger partial charge in [0.2, 0.25) is 0 Å². The first-order chi connectivity index (χ1) is 8.75. The van der Waals surface area contributed by atoms with Crippen LogP contribution in [0.4, 0.5) is 4.39 Å². The number of esters is 1. The summed E-state index contributed by atoms with van der Waals surface area (Å²) in [7, 11) is -2.12. The van der Waals surface area contributed by atoms with Gasteiger partial charge in [-0.15, -0.1) is 0 Å². The maximum absolute atomic E-state index is 13.6. The minimum atomic E-state index is -3.27. The van der Waals surface area contributed by atoms with Gasteiger partial charge in [0, 0.05) is 0 Å². The Morgan fingerprint density at radius 1 is 1.37 bits per heavy atom. The number of methoxy groups -OCH3 is 1. The van der Waals surface area contributed by atoms with E-state index in [0.717, 1.165) is 13.2 Å². The van der Waals surface area contributed by atoms with Gasteiger partial charge >= 0.3 is 5.97 Å². The van der Waals surface area contributed by atoms with Crippen molar-refractivity contribution < 1.29 is 22.3 Å². The summed E-state index contributed by atoms with van der Waals surface area (Å²) >= 11 is 0. The summed E-state index contributed by atoms with van der Waals surface area (Å²) in [5.74, 6) is -1.72. The van der Waals surface area contributed by atoms with Gasteiger partial charge in [0.15, 0.2) is 9.84 Å². The molecule has 0 aliphatic heterocycles. The van der Waals surface area contributed by atoms with Gasteiger partial charge in [0.1, 0.15) is 5.82 Å².